The summed E-state index contributed by atoms with van der Waals surface area (Å²) in [5, 5.41) is 3.35. The van der Waals surface area contributed by atoms with Crippen LogP contribution < -0.4 is 10.9 Å². The second-order valence-electron chi connectivity index (χ2n) is 4.57. The average molecular weight is 236 g/mol. The lowest BCUT2D eigenvalue weighted by Crippen LogP contribution is -2.39. The monoisotopic (exact) mass is 236 g/mol. The maximum absolute atomic E-state index is 11.3. The minimum atomic E-state index is -0.0917. The van der Waals surface area contributed by atoms with Gasteiger partial charge in [-0.2, -0.15) is 0 Å². The van der Waals surface area contributed by atoms with Crippen LogP contribution in [0.15, 0.2) is 10.9 Å². The molecule has 0 radical (unpaired) electrons. The van der Waals surface area contributed by atoms with Crippen LogP contribution in [0, 0.1) is 6.92 Å². The number of H-pyrrole nitrogens is 1. The van der Waals surface area contributed by atoms with E-state index in [1.807, 2.05) is 0 Å². The standard InChI is InChI=1S/C12H20N4O/c1-3-16-6-4-10(5-7-16)15-11-8-12(17)14-9(2)13-11/h8,10H,3-7H2,1-2H3,(H2,13,14,15,17). The van der Waals surface area contributed by atoms with Crippen molar-refractivity contribution in [1.29, 1.82) is 0 Å². The van der Waals surface area contributed by atoms with Crippen LogP contribution in [0.5, 0.6) is 0 Å². The maximum atomic E-state index is 11.3. The van der Waals surface area contributed by atoms with Crippen molar-refractivity contribution in [3.63, 3.8) is 0 Å². The van der Waals surface area contributed by atoms with Gasteiger partial charge in [0.15, 0.2) is 0 Å². The summed E-state index contributed by atoms with van der Waals surface area (Å²) in [6.07, 6.45) is 2.22. The summed E-state index contributed by atoms with van der Waals surface area (Å²) in [7, 11) is 0. The first-order chi connectivity index (χ1) is 8.17. The minimum absolute atomic E-state index is 0.0917. The summed E-state index contributed by atoms with van der Waals surface area (Å²) in [5.74, 6) is 1.35. The molecule has 1 aromatic heterocycles. The highest BCUT2D eigenvalue weighted by atomic mass is 16.1. The van der Waals surface area contributed by atoms with Gasteiger partial charge in [-0.25, -0.2) is 4.98 Å². The van der Waals surface area contributed by atoms with Crippen molar-refractivity contribution in [3.05, 3.63) is 22.2 Å². The summed E-state index contributed by atoms with van der Waals surface area (Å²) >= 11 is 0. The summed E-state index contributed by atoms with van der Waals surface area (Å²) in [6, 6.07) is 1.96. The third kappa shape index (κ3) is 3.30. The number of anilines is 1. The Morgan fingerprint density at radius 2 is 2.24 bits per heavy atom. The fourth-order valence-electron chi connectivity index (χ4n) is 2.26. The molecule has 0 aliphatic carbocycles. The van der Waals surface area contributed by atoms with Crippen molar-refractivity contribution in [2.45, 2.75) is 32.7 Å². The van der Waals surface area contributed by atoms with E-state index in [9.17, 15) is 4.79 Å². The molecule has 1 aliphatic rings. The third-order valence-electron chi connectivity index (χ3n) is 3.25. The second kappa shape index (κ2) is 5.31. The number of aromatic amines is 1. The molecule has 1 aromatic rings. The maximum Gasteiger partial charge on any atom is 0.252 e. The molecule has 17 heavy (non-hydrogen) atoms. The van der Waals surface area contributed by atoms with Crippen molar-refractivity contribution < 1.29 is 0 Å². The molecular weight excluding hydrogens is 216 g/mol. The predicted molar refractivity (Wildman–Crippen MR) is 68.4 cm³/mol. The molecule has 94 valence electrons. The first kappa shape index (κ1) is 12.1. The lowest BCUT2D eigenvalue weighted by molar-refractivity contribution is 0.229. The lowest BCUT2D eigenvalue weighted by Gasteiger charge is -2.31. The van der Waals surface area contributed by atoms with Crippen molar-refractivity contribution in [2.75, 3.05) is 25.0 Å². The van der Waals surface area contributed by atoms with E-state index in [0.29, 0.717) is 17.7 Å². The molecule has 2 rings (SSSR count). The van der Waals surface area contributed by atoms with Gasteiger partial charge in [0.2, 0.25) is 0 Å². The Labute approximate surface area is 101 Å². The molecule has 0 amide bonds. The molecule has 0 spiro atoms. The van der Waals surface area contributed by atoms with Crippen LogP contribution in [0.1, 0.15) is 25.6 Å². The highest BCUT2D eigenvalue weighted by Gasteiger charge is 2.18. The van der Waals surface area contributed by atoms with Gasteiger partial charge in [-0.1, -0.05) is 6.92 Å². The molecule has 1 fully saturated rings. The zero-order valence-electron chi connectivity index (χ0n) is 10.5. The molecule has 0 aromatic carbocycles. The number of aryl methyl sites for hydroxylation is 1. The van der Waals surface area contributed by atoms with E-state index in [4.69, 9.17) is 0 Å². The molecule has 2 N–H and O–H groups in total. The Bertz CT molecular complexity index is 421. The first-order valence-electron chi connectivity index (χ1n) is 6.24. The van der Waals surface area contributed by atoms with Gasteiger partial charge in [-0.3, -0.25) is 4.79 Å². The topological polar surface area (TPSA) is 61.0 Å². The second-order valence-corrected chi connectivity index (χ2v) is 4.57. The zero-order valence-corrected chi connectivity index (χ0v) is 10.5. The quantitative estimate of drug-likeness (QED) is 0.821. The molecule has 2 heterocycles. The van der Waals surface area contributed by atoms with Gasteiger partial charge in [-0.05, 0) is 26.3 Å². The first-order valence-corrected chi connectivity index (χ1v) is 6.24. The fourth-order valence-corrected chi connectivity index (χ4v) is 2.26. The van der Waals surface area contributed by atoms with Crippen LogP contribution in [0.4, 0.5) is 5.82 Å². The molecule has 1 aliphatic heterocycles. The van der Waals surface area contributed by atoms with Crippen LogP contribution in [-0.2, 0) is 0 Å². The predicted octanol–water partition coefficient (Wildman–Crippen LogP) is 0.975. The highest BCUT2D eigenvalue weighted by Crippen LogP contribution is 2.13. The number of nitrogens with one attached hydrogen (secondary N) is 2. The summed E-state index contributed by atoms with van der Waals surface area (Å²) < 4.78 is 0. The SMILES string of the molecule is CCN1CCC(Nc2cc(=O)[nH]c(C)n2)CC1. The molecular formula is C12H20N4O. The summed E-state index contributed by atoms with van der Waals surface area (Å²) in [5.41, 5.74) is -0.0917. The van der Waals surface area contributed by atoms with E-state index >= 15 is 0 Å². The number of hydrogen-bond acceptors (Lipinski definition) is 4. The molecule has 0 saturated carbocycles. The number of likely N-dealkylation sites (tertiary alicyclic amines) is 1. The largest absolute Gasteiger partial charge is 0.367 e. The van der Waals surface area contributed by atoms with Gasteiger partial charge in [-0.15, -0.1) is 0 Å². The van der Waals surface area contributed by atoms with Crippen molar-refractivity contribution in [1.82, 2.24) is 14.9 Å². The lowest BCUT2D eigenvalue weighted by atomic mass is 10.1. The fraction of sp³-hybridized carbons (Fsp3) is 0.667. The van der Waals surface area contributed by atoms with Gasteiger partial charge in [0.1, 0.15) is 11.6 Å². The van der Waals surface area contributed by atoms with E-state index < -0.39 is 0 Å². The van der Waals surface area contributed by atoms with Gasteiger partial charge in [0.25, 0.3) is 5.56 Å². The van der Waals surface area contributed by atoms with Crippen LogP contribution in [0.2, 0.25) is 0 Å². The van der Waals surface area contributed by atoms with Gasteiger partial charge in [0, 0.05) is 25.2 Å². The molecule has 0 bridgehead atoms. The number of aromatic nitrogens is 2. The number of hydrogen-bond donors (Lipinski definition) is 2. The third-order valence-corrected chi connectivity index (χ3v) is 3.25. The van der Waals surface area contributed by atoms with Crippen LogP contribution >= 0.6 is 0 Å². The molecule has 0 unspecified atom stereocenters. The van der Waals surface area contributed by atoms with E-state index in [1.165, 1.54) is 6.07 Å². The smallest absolute Gasteiger partial charge is 0.252 e. The number of rotatable bonds is 3. The van der Waals surface area contributed by atoms with E-state index in [-0.39, 0.29) is 5.56 Å². The Hall–Kier alpha value is -1.36. The van der Waals surface area contributed by atoms with Gasteiger partial charge in [0.05, 0.1) is 0 Å². The van der Waals surface area contributed by atoms with Crippen molar-refractivity contribution >= 4 is 5.82 Å². The van der Waals surface area contributed by atoms with Crippen LogP contribution in [0.25, 0.3) is 0 Å². The van der Waals surface area contributed by atoms with E-state index in [0.717, 1.165) is 32.5 Å². The zero-order chi connectivity index (χ0) is 12.3. The summed E-state index contributed by atoms with van der Waals surface area (Å²) in [6.45, 7) is 7.35. The highest BCUT2D eigenvalue weighted by molar-refractivity contribution is 5.34. The van der Waals surface area contributed by atoms with E-state index in [2.05, 4.69) is 27.1 Å². The normalized spacial score (nSPS) is 18.2. The van der Waals surface area contributed by atoms with Gasteiger partial charge >= 0.3 is 0 Å². The molecule has 5 heteroatoms. The van der Waals surface area contributed by atoms with Gasteiger partial charge < -0.3 is 15.2 Å². The molecule has 1 saturated heterocycles. The molecule has 5 nitrogen and oxygen atoms in total. The Morgan fingerprint density at radius 1 is 1.53 bits per heavy atom. The molecule has 0 atom stereocenters. The van der Waals surface area contributed by atoms with Crippen molar-refractivity contribution in [3.8, 4) is 0 Å². The number of piperidine rings is 1. The summed E-state index contributed by atoms with van der Waals surface area (Å²) in [4.78, 5) is 20.7. The Morgan fingerprint density at radius 3 is 2.82 bits per heavy atom. The number of nitrogens with zero attached hydrogens (tertiary/aromatic N) is 2. The van der Waals surface area contributed by atoms with Crippen molar-refractivity contribution in [2.24, 2.45) is 0 Å². The Kier molecular flexibility index (Phi) is 3.78. The van der Waals surface area contributed by atoms with E-state index in [1.54, 1.807) is 6.92 Å². The van der Waals surface area contributed by atoms with Crippen LogP contribution in [0.3, 0.4) is 0 Å². The Balaban J connectivity index is 1.95. The van der Waals surface area contributed by atoms with Crippen LogP contribution in [-0.4, -0.2) is 40.5 Å². The minimum Gasteiger partial charge on any atom is -0.367 e. The average Bonchev–Trinajstić information content (AvgIpc) is 2.28.